The van der Waals surface area contributed by atoms with Crippen LogP contribution in [0.1, 0.15) is 5.56 Å². The number of aryl methyl sites for hydroxylation is 1. The highest BCUT2D eigenvalue weighted by molar-refractivity contribution is 7.94. The zero-order valence-electron chi connectivity index (χ0n) is 6.41. The summed E-state index contributed by atoms with van der Waals surface area (Å²) in [6, 6.07) is 8.14. The minimum absolute atomic E-state index is 1.09. The quantitative estimate of drug-likeness (QED) is 0.504. The normalized spacial score (nSPS) is 9.18. The van der Waals surface area contributed by atoms with E-state index in [0.717, 1.165) is 4.90 Å². The molecular formula is C9H10OS. The Balaban J connectivity index is 2.58. The Labute approximate surface area is 71.3 Å². The lowest BCUT2D eigenvalue weighted by Crippen LogP contribution is -1.72. The van der Waals surface area contributed by atoms with E-state index < -0.39 is 0 Å². The van der Waals surface area contributed by atoms with E-state index in [1.165, 1.54) is 23.9 Å². The van der Waals surface area contributed by atoms with Crippen molar-refractivity contribution in [3.05, 3.63) is 42.7 Å². The number of benzene rings is 1. The standard InChI is InChI=1S/C9H10OS/c1-3-10-11-9-6-4-8(2)5-7-9/h3-7H,1H2,2H3. The van der Waals surface area contributed by atoms with Gasteiger partial charge in [0.2, 0.25) is 0 Å². The molecule has 2 heteroatoms. The third-order valence-corrected chi connectivity index (χ3v) is 1.93. The fourth-order valence-corrected chi connectivity index (χ4v) is 1.11. The van der Waals surface area contributed by atoms with E-state index in [2.05, 4.69) is 25.6 Å². The summed E-state index contributed by atoms with van der Waals surface area (Å²) in [5.41, 5.74) is 1.26. The molecule has 11 heavy (non-hydrogen) atoms. The average molecular weight is 166 g/mol. The molecule has 0 heterocycles. The Morgan fingerprint density at radius 3 is 2.55 bits per heavy atom. The van der Waals surface area contributed by atoms with Crippen molar-refractivity contribution in [2.75, 3.05) is 0 Å². The van der Waals surface area contributed by atoms with Crippen LogP contribution < -0.4 is 0 Å². The molecule has 0 spiro atoms. The molecule has 1 nitrogen and oxygen atoms in total. The van der Waals surface area contributed by atoms with E-state index >= 15 is 0 Å². The average Bonchev–Trinajstić information content (AvgIpc) is 2.04. The van der Waals surface area contributed by atoms with Crippen LogP contribution in [-0.2, 0) is 4.18 Å². The van der Waals surface area contributed by atoms with Crippen molar-refractivity contribution >= 4 is 12.0 Å². The van der Waals surface area contributed by atoms with Gasteiger partial charge in [-0.25, -0.2) is 0 Å². The Kier molecular flexibility index (Phi) is 3.05. The van der Waals surface area contributed by atoms with Gasteiger partial charge in [0.25, 0.3) is 0 Å². The maximum Gasteiger partial charge on any atom is 0.0943 e. The van der Waals surface area contributed by atoms with E-state index in [-0.39, 0.29) is 0 Å². The molecule has 0 amide bonds. The molecule has 0 saturated carbocycles. The highest BCUT2D eigenvalue weighted by atomic mass is 32.2. The monoisotopic (exact) mass is 166 g/mol. The topological polar surface area (TPSA) is 9.23 Å². The molecule has 1 aromatic carbocycles. The smallest absolute Gasteiger partial charge is 0.0943 e. The Morgan fingerprint density at radius 1 is 1.36 bits per heavy atom. The second-order valence-corrected chi connectivity index (χ2v) is 2.99. The lowest BCUT2D eigenvalue weighted by atomic mass is 10.2. The van der Waals surface area contributed by atoms with Crippen LogP contribution in [-0.4, -0.2) is 0 Å². The second kappa shape index (κ2) is 4.09. The third kappa shape index (κ3) is 2.68. The van der Waals surface area contributed by atoms with Gasteiger partial charge < -0.3 is 4.18 Å². The van der Waals surface area contributed by atoms with Crippen LogP contribution in [0.4, 0.5) is 0 Å². The van der Waals surface area contributed by atoms with Crippen LogP contribution in [0, 0.1) is 6.92 Å². The van der Waals surface area contributed by atoms with Crippen molar-refractivity contribution in [3.63, 3.8) is 0 Å². The van der Waals surface area contributed by atoms with E-state index in [1.807, 2.05) is 12.1 Å². The summed E-state index contributed by atoms with van der Waals surface area (Å²) < 4.78 is 4.94. The Morgan fingerprint density at radius 2 is 2.00 bits per heavy atom. The maximum absolute atomic E-state index is 4.94. The van der Waals surface area contributed by atoms with Gasteiger partial charge in [-0.3, -0.25) is 0 Å². The van der Waals surface area contributed by atoms with Crippen molar-refractivity contribution in [3.8, 4) is 0 Å². The van der Waals surface area contributed by atoms with Gasteiger partial charge in [-0.1, -0.05) is 24.3 Å². The largest absolute Gasteiger partial charge is 0.429 e. The van der Waals surface area contributed by atoms with Gasteiger partial charge in [0.15, 0.2) is 0 Å². The minimum Gasteiger partial charge on any atom is -0.429 e. The summed E-state index contributed by atoms with van der Waals surface area (Å²) in [6.45, 7) is 5.51. The number of hydrogen-bond donors (Lipinski definition) is 0. The molecule has 0 atom stereocenters. The van der Waals surface area contributed by atoms with Gasteiger partial charge in [0.05, 0.1) is 18.3 Å². The van der Waals surface area contributed by atoms with E-state index in [4.69, 9.17) is 4.18 Å². The van der Waals surface area contributed by atoms with Gasteiger partial charge >= 0.3 is 0 Å². The van der Waals surface area contributed by atoms with Crippen molar-refractivity contribution < 1.29 is 4.18 Å². The van der Waals surface area contributed by atoms with Crippen LogP contribution in [0.3, 0.4) is 0 Å². The first-order valence-corrected chi connectivity index (χ1v) is 4.08. The third-order valence-electron chi connectivity index (χ3n) is 1.23. The fourth-order valence-electron chi connectivity index (χ4n) is 0.683. The van der Waals surface area contributed by atoms with Crippen molar-refractivity contribution in [1.29, 1.82) is 0 Å². The first kappa shape index (κ1) is 8.21. The summed E-state index contributed by atoms with van der Waals surface area (Å²) >= 11 is 1.31. The summed E-state index contributed by atoms with van der Waals surface area (Å²) in [6.07, 6.45) is 1.42. The zero-order chi connectivity index (χ0) is 8.10. The van der Waals surface area contributed by atoms with Crippen LogP contribution in [0.15, 0.2) is 42.0 Å². The summed E-state index contributed by atoms with van der Waals surface area (Å²) in [4.78, 5) is 1.09. The fraction of sp³-hybridized carbons (Fsp3) is 0.111. The number of rotatable bonds is 3. The summed E-state index contributed by atoms with van der Waals surface area (Å²) in [5, 5.41) is 0. The van der Waals surface area contributed by atoms with E-state index in [9.17, 15) is 0 Å². The number of hydrogen-bond acceptors (Lipinski definition) is 2. The molecule has 0 aromatic heterocycles. The van der Waals surface area contributed by atoms with Crippen LogP contribution >= 0.6 is 12.0 Å². The maximum atomic E-state index is 4.94. The summed E-state index contributed by atoms with van der Waals surface area (Å²) in [5.74, 6) is 0. The molecule has 0 bridgehead atoms. The molecule has 0 fully saturated rings. The van der Waals surface area contributed by atoms with Crippen molar-refractivity contribution in [2.45, 2.75) is 11.8 Å². The van der Waals surface area contributed by atoms with Crippen molar-refractivity contribution in [2.24, 2.45) is 0 Å². The molecule has 0 aliphatic carbocycles. The summed E-state index contributed by atoms with van der Waals surface area (Å²) in [7, 11) is 0. The van der Waals surface area contributed by atoms with E-state index in [1.54, 1.807) is 0 Å². The van der Waals surface area contributed by atoms with Gasteiger partial charge in [0, 0.05) is 4.90 Å². The van der Waals surface area contributed by atoms with E-state index in [0.29, 0.717) is 0 Å². The van der Waals surface area contributed by atoms with Crippen molar-refractivity contribution in [1.82, 2.24) is 0 Å². The molecule has 0 aliphatic heterocycles. The van der Waals surface area contributed by atoms with Crippen LogP contribution in [0.5, 0.6) is 0 Å². The highest BCUT2D eigenvalue weighted by Gasteiger charge is 1.91. The first-order chi connectivity index (χ1) is 5.33. The predicted octanol–water partition coefficient (Wildman–Crippen LogP) is 3.16. The highest BCUT2D eigenvalue weighted by Crippen LogP contribution is 2.18. The molecule has 0 N–H and O–H groups in total. The molecule has 58 valence electrons. The van der Waals surface area contributed by atoms with Crippen LogP contribution in [0.25, 0.3) is 0 Å². The van der Waals surface area contributed by atoms with Gasteiger partial charge in [-0.15, -0.1) is 0 Å². The van der Waals surface area contributed by atoms with Gasteiger partial charge in [0.1, 0.15) is 0 Å². The van der Waals surface area contributed by atoms with Gasteiger partial charge in [-0.05, 0) is 19.1 Å². The molecule has 0 radical (unpaired) electrons. The second-order valence-electron chi connectivity index (χ2n) is 2.16. The first-order valence-electron chi connectivity index (χ1n) is 3.34. The molecule has 1 aromatic rings. The predicted molar refractivity (Wildman–Crippen MR) is 48.3 cm³/mol. The van der Waals surface area contributed by atoms with Gasteiger partial charge in [-0.2, -0.15) is 0 Å². The lowest BCUT2D eigenvalue weighted by molar-refractivity contribution is 0.568. The zero-order valence-corrected chi connectivity index (χ0v) is 7.23. The van der Waals surface area contributed by atoms with Crippen LogP contribution in [0.2, 0.25) is 0 Å². The molecular weight excluding hydrogens is 156 g/mol. The Hall–Kier alpha value is -0.890. The molecule has 0 aliphatic rings. The minimum atomic E-state index is 1.09. The Bertz CT molecular complexity index is 228. The SMILES string of the molecule is C=COSc1ccc(C)cc1. The lowest BCUT2D eigenvalue weighted by Gasteiger charge is -1.97. The molecule has 0 saturated heterocycles. The molecule has 0 unspecified atom stereocenters. The molecule has 1 rings (SSSR count).